The molecular formula is C15H19N5OS. The maximum atomic E-state index is 12.1. The number of nitrogens with zero attached hydrogens (tertiary/aromatic N) is 3. The quantitative estimate of drug-likeness (QED) is 0.888. The highest BCUT2D eigenvalue weighted by Crippen LogP contribution is 2.24. The van der Waals surface area contributed by atoms with Gasteiger partial charge in [0.2, 0.25) is 0 Å². The smallest absolute Gasteiger partial charge is 0.273 e. The van der Waals surface area contributed by atoms with Gasteiger partial charge in [0.05, 0.1) is 0 Å². The van der Waals surface area contributed by atoms with Crippen molar-refractivity contribution in [3.8, 4) is 0 Å². The van der Waals surface area contributed by atoms with E-state index in [4.69, 9.17) is 5.73 Å². The lowest BCUT2D eigenvalue weighted by Crippen LogP contribution is -2.44. The summed E-state index contributed by atoms with van der Waals surface area (Å²) in [6, 6.07) is 2.45. The Morgan fingerprint density at radius 3 is 3.14 bits per heavy atom. The molecule has 0 saturated carbocycles. The fourth-order valence-corrected chi connectivity index (χ4v) is 3.51. The van der Waals surface area contributed by atoms with E-state index in [1.54, 1.807) is 0 Å². The summed E-state index contributed by atoms with van der Waals surface area (Å²) < 4.78 is 0. The van der Waals surface area contributed by atoms with Crippen LogP contribution in [0.5, 0.6) is 0 Å². The van der Waals surface area contributed by atoms with Crippen LogP contribution in [0.4, 0.5) is 5.82 Å². The van der Waals surface area contributed by atoms with Gasteiger partial charge < -0.3 is 11.1 Å². The second kappa shape index (κ2) is 6.41. The maximum absolute atomic E-state index is 12.1. The molecule has 6 nitrogen and oxygen atoms in total. The lowest BCUT2D eigenvalue weighted by molar-refractivity contribution is 0.0928. The van der Waals surface area contributed by atoms with E-state index < -0.39 is 0 Å². The van der Waals surface area contributed by atoms with E-state index in [-0.39, 0.29) is 23.5 Å². The molecule has 7 heteroatoms. The first-order valence-electron chi connectivity index (χ1n) is 7.29. The first kappa shape index (κ1) is 14.9. The topological polar surface area (TPSA) is 84.1 Å². The van der Waals surface area contributed by atoms with Crippen LogP contribution in [-0.2, 0) is 13.0 Å². The predicted octanol–water partition coefficient (Wildman–Crippen LogP) is 1.30. The summed E-state index contributed by atoms with van der Waals surface area (Å²) in [5.41, 5.74) is 7.27. The van der Waals surface area contributed by atoms with Gasteiger partial charge in [0, 0.05) is 42.9 Å². The van der Waals surface area contributed by atoms with Gasteiger partial charge in [0.25, 0.3) is 5.91 Å². The summed E-state index contributed by atoms with van der Waals surface area (Å²) in [5, 5.41) is 5.04. The monoisotopic (exact) mass is 317 g/mol. The first-order chi connectivity index (χ1) is 10.6. The third-order valence-electron chi connectivity index (χ3n) is 3.96. The van der Waals surface area contributed by atoms with E-state index in [0.717, 1.165) is 19.5 Å². The molecule has 3 heterocycles. The standard InChI is InChI=1S/C15H19N5OS/c1-10(20-6-2-12-11(9-20)3-7-22-12)8-19-15(21)13-14(16)18-5-4-17-13/h3-5,7,10H,2,6,8-9H2,1H3,(H2,16,18)(H,19,21)/t10-/m0/s1. The summed E-state index contributed by atoms with van der Waals surface area (Å²) in [6.45, 7) is 4.66. The van der Waals surface area contributed by atoms with Crippen LogP contribution in [0, 0.1) is 0 Å². The molecule has 0 saturated heterocycles. The van der Waals surface area contributed by atoms with E-state index >= 15 is 0 Å². The average molecular weight is 317 g/mol. The molecule has 0 radical (unpaired) electrons. The van der Waals surface area contributed by atoms with E-state index in [1.807, 2.05) is 11.3 Å². The molecule has 0 fully saturated rings. The summed E-state index contributed by atoms with van der Waals surface area (Å²) in [6.07, 6.45) is 4.03. The molecule has 1 aliphatic rings. The number of carbonyl (C=O) groups is 1. The Morgan fingerprint density at radius 2 is 2.32 bits per heavy atom. The zero-order valence-corrected chi connectivity index (χ0v) is 13.3. The molecule has 1 amide bonds. The van der Waals surface area contributed by atoms with Gasteiger partial charge in [0.1, 0.15) is 0 Å². The van der Waals surface area contributed by atoms with Gasteiger partial charge >= 0.3 is 0 Å². The highest BCUT2D eigenvalue weighted by molar-refractivity contribution is 7.10. The second-order valence-electron chi connectivity index (χ2n) is 5.44. The predicted molar refractivity (Wildman–Crippen MR) is 86.7 cm³/mol. The molecule has 3 N–H and O–H groups in total. The Balaban J connectivity index is 1.56. The van der Waals surface area contributed by atoms with Crippen molar-refractivity contribution in [3.63, 3.8) is 0 Å². The largest absolute Gasteiger partial charge is 0.382 e. The minimum Gasteiger partial charge on any atom is -0.382 e. The molecule has 0 bridgehead atoms. The Bertz CT molecular complexity index is 671. The third-order valence-corrected chi connectivity index (χ3v) is 4.98. The molecule has 2 aromatic heterocycles. The number of fused-ring (bicyclic) bond motifs is 1. The maximum Gasteiger partial charge on any atom is 0.273 e. The summed E-state index contributed by atoms with van der Waals surface area (Å²) in [5.74, 6) is -0.112. The molecule has 0 aliphatic carbocycles. The number of anilines is 1. The summed E-state index contributed by atoms with van der Waals surface area (Å²) >= 11 is 1.83. The second-order valence-corrected chi connectivity index (χ2v) is 6.44. The van der Waals surface area contributed by atoms with Gasteiger partial charge in [-0.15, -0.1) is 11.3 Å². The molecule has 0 aromatic carbocycles. The van der Waals surface area contributed by atoms with Crippen molar-refractivity contribution in [2.75, 3.05) is 18.8 Å². The minimum atomic E-state index is -0.273. The van der Waals surface area contributed by atoms with Crippen LogP contribution in [-0.4, -0.2) is 39.9 Å². The number of nitrogens with one attached hydrogen (secondary N) is 1. The van der Waals surface area contributed by atoms with Crippen LogP contribution in [0.25, 0.3) is 0 Å². The fraction of sp³-hybridized carbons (Fsp3) is 0.400. The van der Waals surface area contributed by atoms with Gasteiger partial charge in [0.15, 0.2) is 11.5 Å². The number of amides is 1. The highest BCUT2D eigenvalue weighted by atomic mass is 32.1. The van der Waals surface area contributed by atoms with Crippen molar-refractivity contribution < 1.29 is 4.79 Å². The Hall–Kier alpha value is -1.99. The molecule has 2 aromatic rings. The number of hydrogen-bond donors (Lipinski definition) is 2. The lowest BCUT2D eigenvalue weighted by atomic mass is 10.1. The molecule has 1 aliphatic heterocycles. The van der Waals surface area contributed by atoms with Crippen LogP contribution >= 0.6 is 11.3 Å². The third kappa shape index (κ3) is 3.10. The van der Waals surface area contributed by atoms with Crippen molar-refractivity contribution in [2.24, 2.45) is 0 Å². The molecular weight excluding hydrogens is 298 g/mol. The van der Waals surface area contributed by atoms with E-state index in [0.29, 0.717) is 6.54 Å². The molecule has 3 rings (SSSR count). The number of thiophene rings is 1. The Morgan fingerprint density at radius 1 is 1.50 bits per heavy atom. The van der Waals surface area contributed by atoms with Gasteiger partial charge in [-0.05, 0) is 30.4 Å². The SMILES string of the molecule is C[C@@H](CNC(=O)c1nccnc1N)N1CCc2sccc2C1. The zero-order chi connectivity index (χ0) is 15.5. The average Bonchev–Trinajstić information content (AvgIpc) is 3.00. The number of aromatic nitrogens is 2. The van der Waals surface area contributed by atoms with E-state index in [9.17, 15) is 4.79 Å². The van der Waals surface area contributed by atoms with Crippen molar-refractivity contribution in [1.29, 1.82) is 0 Å². The molecule has 0 unspecified atom stereocenters. The normalized spacial score (nSPS) is 16.0. The first-order valence-corrected chi connectivity index (χ1v) is 8.17. The minimum absolute atomic E-state index is 0.161. The van der Waals surface area contributed by atoms with Gasteiger partial charge in [-0.25, -0.2) is 9.97 Å². The van der Waals surface area contributed by atoms with E-state index in [1.165, 1.54) is 22.8 Å². The summed E-state index contributed by atoms with van der Waals surface area (Å²) in [4.78, 5) is 23.8. The molecule has 1 atom stereocenters. The number of carbonyl (C=O) groups excluding carboxylic acids is 1. The van der Waals surface area contributed by atoms with E-state index in [2.05, 4.69) is 38.6 Å². The van der Waals surface area contributed by atoms with Crippen LogP contribution in [0.15, 0.2) is 23.8 Å². The van der Waals surface area contributed by atoms with Crippen molar-refractivity contribution in [1.82, 2.24) is 20.2 Å². The van der Waals surface area contributed by atoms with Crippen LogP contribution in [0.3, 0.4) is 0 Å². The lowest BCUT2D eigenvalue weighted by Gasteiger charge is -2.32. The van der Waals surface area contributed by atoms with Gasteiger partial charge in [-0.2, -0.15) is 0 Å². The van der Waals surface area contributed by atoms with Crippen molar-refractivity contribution >= 4 is 23.1 Å². The van der Waals surface area contributed by atoms with Crippen molar-refractivity contribution in [2.45, 2.75) is 25.9 Å². The molecule has 22 heavy (non-hydrogen) atoms. The Labute approximate surface area is 133 Å². The van der Waals surface area contributed by atoms with Crippen LogP contribution < -0.4 is 11.1 Å². The highest BCUT2D eigenvalue weighted by Gasteiger charge is 2.22. The van der Waals surface area contributed by atoms with Crippen LogP contribution in [0.2, 0.25) is 0 Å². The number of rotatable bonds is 4. The Kier molecular flexibility index (Phi) is 4.35. The van der Waals surface area contributed by atoms with Gasteiger partial charge in [-0.3, -0.25) is 9.69 Å². The number of hydrogen-bond acceptors (Lipinski definition) is 6. The summed E-state index contributed by atoms with van der Waals surface area (Å²) in [7, 11) is 0. The van der Waals surface area contributed by atoms with Crippen molar-refractivity contribution in [3.05, 3.63) is 40.0 Å². The molecule has 116 valence electrons. The number of nitrogen functional groups attached to an aromatic ring is 1. The molecule has 0 spiro atoms. The van der Waals surface area contributed by atoms with Gasteiger partial charge in [-0.1, -0.05) is 0 Å². The van der Waals surface area contributed by atoms with Crippen LogP contribution in [0.1, 0.15) is 27.9 Å². The fourth-order valence-electron chi connectivity index (χ4n) is 2.62. The number of nitrogens with two attached hydrogens (primary N) is 1. The zero-order valence-electron chi connectivity index (χ0n) is 12.5.